The number of carbonyl (C=O) groups excluding carboxylic acids is 1. The third-order valence-electron chi connectivity index (χ3n) is 3.98. The molecule has 0 saturated heterocycles. The van der Waals surface area contributed by atoms with Gasteiger partial charge in [0.15, 0.2) is 0 Å². The van der Waals surface area contributed by atoms with Crippen LogP contribution in [0.4, 0.5) is 0 Å². The van der Waals surface area contributed by atoms with Gasteiger partial charge < -0.3 is 4.74 Å². The molecule has 130 valence electrons. The van der Waals surface area contributed by atoms with Crippen LogP contribution < -0.4 is 4.74 Å². The summed E-state index contributed by atoms with van der Waals surface area (Å²) in [6.07, 6.45) is 0. The highest BCUT2D eigenvalue weighted by molar-refractivity contribution is 6.39. The lowest BCUT2D eigenvalue weighted by Crippen LogP contribution is -2.42. The normalized spacial score (nSPS) is 13.7. The summed E-state index contributed by atoms with van der Waals surface area (Å²) in [4.78, 5) is 13.6. The van der Waals surface area contributed by atoms with Crippen LogP contribution in [0.5, 0.6) is 5.75 Å². The van der Waals surface area contributed by atoms with Gasteiger partial charge in [0.1, 0.15) is 5.75 Å². The van der Waals surface area contributed by atoms with Crippen molar-refractivity contribution in [2.24, 2.45) is 0 Å². The second-order valence-corrected chi connectivity index (χ2v) is 6.24. The molecule has 0 aliphatic heterocycles. The highest BCUT2D eigenvalue weighted by atomic mass is 35.5. The summed E-state index contributed by atoms with van der Waals surface area (Å²) in [7, 11) is 0. The Labute approximate surface area is 162 Å². The Kier molecular flexibility index (Phi) is 5.77. The van der Waals surface area contributed by atoms with Crippen molar-refractivity contribution in [3.8, 4) is 5.75 Å². The molecular formula is C22H16Cl2O2. The molecule has 0 spiro atoms. The summed E-state index contributed by atoms with van der Waals surface area (Å²) >= 11 is 12.5. The van der Waals surface area contributed by atoms with E-state index in [1.165, 1.54) is 5.54 Å². The maximum Gasteiger partial charge on any atom is 0.232 e. The summed E-state index contributed by atoms with van der Waals surface area (Å²) in [6.45, 7) is 0. The maximum absolute atomic E-state index is 13.6. The molecule has 3 aromatic carbocycles. The van der Waals surface area contributed by atoms with Gasteiger partial charge in [0.05, 0.1) is 5.03 Å². The first kappa shape index (κ1) is 18.2. The van der Waals surface area contributed by atoms with Gasteiger partial charge in [-0.2, -0.15) is 0 Å². The number of carbonyl (C=O) groups is 1. The van der Waals surface area contributed by atoms with Crippen LogP contribution in [0.2, 0.25) is 0 Å². The van der Waals surface area contributed by atoms with Crippen molar-refractivity contribution in [3.05, 3.63) is 113 Å². The van der Waals surface area contributed by atoms with Crippen LogP contribution in [-0.4, -0.2) is 5.78 Å². The average Bonchev–Trinajstić information content (AvgIpc) is 2.73. The van der Waals surface area contributed by atoms with Crippen LogP contribution in [0, 0.1) is 0 Å². The van der Waals surface area contributed by atoms with E-state index < -0.39 is 5.60 Å². The minimum Gasteiger partial charge on any atom is -0.469 e. The molecule has 0 fully saturated rings. The van der Waals surface area contributed by atoms with E-state index in [2.05, 4.69) is 0 Å². The molecule has 3 aromatic rings. The predicted octanol–water partition coefficient (Wildman–Crippen LogP) is 6.16. The molecule has 0 heterocycles. The zero-order valence-corrected chi connectivity index (χ0v) is 15.3. The molecule has 2 nitrogen and oxygen atoms in total. The van der Waals surface area contributed by atoms with Crippen LogP contribution in [0.1, 0.15) is 15.9 Å². The van der Waals surface area contributed by atoms with Gasteiger partial charge in [-0.1, -0.05) is 102 Å². The summed E-state index contributed by atoms with van der Waals surface area (Å²) in [5.41, 5.74) is 0.676. The molecule has 0 bridgehead atoms. The smallest absolute Gasteiger partial charge is 0.232 e. The third kappa shape index (κ3) is 3.52. The highest BCUT2D eigenvalue weighted by Gasteiger charge is 2.46. The van der Waals surface area contributed by atoms with Crippen molar-refractivity contribution in [3.63, 3.8) is 0 Å². The molecule has 0 amide bonds. The van der Waals surface area contributed by atoms with Crippen molar-refractivity contribution in [2.45, 2.75) is 5.60 Å². The lowest BCUT2D eigenvalue weighted by atomic mass is 9.85. The molecule has 3 rings (SSSR count). The second kappa shape index (κ2) is 8.22. The summed E-state index contributed by atoms with van der Waals surface area (Å²) in [5.74, 6) is 0.215. The molecule has 0 saturated carbocycles. The fourth-order valence-electron chi connectivity index (χ4n) is 2.74. The third-order valence-corrected chi connectivity index (χ3v) is 4.69. The zero-order valence-electron chi connectivity index (χ0n) is 13.8. The van der Waals surface area contributed by atoms with Gasteiger partial charge in [-0.3, -0.25) is 4.79 Å². The standard InChI is InChI=1S/C22H16Cl2O2/c23-16-20(24)22(18-12-6-2-7-13-18,26-19-14-8-3-9-15-19)21(25)17-10-4-1-5-11-17/h1-16H/b20-16+. The number of halogens is 2. The first-order valence-electron chi connectivity index (χ1n) is 8.04. The Morgan fingerprint density at radius 2 is 1.31 bits per heavy atom. The summed E-state index contributed by atoms with van der Waals surface area (Å²) in [5, 5.41) is 0.0862. The van der Waals surface area contributed by atoms with Gasteiger partial charge >= 0.3 is 0 Å². The molecule has 0 N–H and O–H groups in total. The lowest BCUT2D eigenvalue weighted by molar-refractivity contribution is 0.0596. The molecule has 1 atom stereocenters. The van der Waals surface area contributed by atoms with Crippen molar-refractivity contribution in [1.82, 2.24) is 0 Å². The van der Waals surface area contributed by atoms with Gasteiger partial charge in [-0.05, 0) is 12.1 Å². The average molecular weight is 383 g/mol. The molecule has 0 aliphatic rings. The molecular weight excluding hydrogens is 367 g/mol. The number of hydrogen-bond acceptors (Lipinski definition) is 2. The Bertz CT molecular complexity index is 893. The van der Waals surface area contributed by atoms with Gasteiger partial charge in [0.25, 0.3) is 0 Å². The Morgan fingerprint density at radius 1 is 0.808 bits per heavy atom. The largest absolute Gasteiger partial charge is 0.469 e. The maximum atomic E-state index is 13.6. The fourth-order valence-corrected chi connectivity index (χ4v) is 3.13. The van der Waals surface area contributed by atoms with Crippen molar-refractivity contribution < 1.29 is 9.53 Å². The van der Waals surface area contributed by atoms with E-state index >= 15 is 0 Å². The van der Waals surface area contributed by atoms with Crippen LogP contribution >= 0.6 is 23.2 Å². The van der Waals surface area contributed by atoms with E-state index in [1.54, 1.807) is 48.5 Å². The predicted molar refractivity (Wildman–Crippen MR) is 106 cm³/mol. The van der Waals surface area contributed by atoms with Crippen LogP contribution in [0.15, 0.2) is 102 Å². The van der Waals surface area contributed by atoms with Crippen molar-refractivity contribution in [1.29, 1.82) is 0 Å². The Morgan fingerprint density at radius 3 is 1.85 bits per heavy atom. The van der Waals surface area contributed by atoms with Crippen LogP contribution in [0.3, 0.4) is 0 Å². The highest BCUT2D eigenvalue weighted by Crippen LogP contribution is 2.40. The molecule has 26 heavy (non-hydrogen) atoms. The molecule has 0 aliphatic carbocycles. The monoisotopic (exact) mass is 382 g/mol. The van der Waals surface area contributed by atoms with E-state index in [4.69, 9.17) is 27.9 Å². The number of ketones is 1. The molecule has 1 unspecified atom stereocenters. The topological polar surface area (TPSA) is 26.3 Å². The van der Waals surface area contributed by atoms with E-state index in [0.29, 0.717) is 16.9 Å². The van der Waals surface area contributed by atoms with E-state index in [1.807, 2.05) is 42.5 Å². The Hall–Kier alpha value is -2.55. The first-order valence-corrected chi connectivity index (χ1v) is 8.85. The van der Waals surface area contributed by atoms with Crippen molar-refractivity contribution in [2.75, 3.05) is 0 Å². The fraction of sp³-hybridized carbons (Fsp3) is 0.0455. The number of para-hydroxylation sites is 1. The lowest BCUT2D eigenvalue weighted by Gasteiger charge is -2.33. The van der Waals surface area contributed by atoms with E-state index in [-0.39, 0.29) is 10.8 Å². The molecule has 0 aromatic heterocycles. The van der Waals surface area contributed by atoms with Crippen LogP contribution in [-0.2, 0) is 5.60 Å². The van der Waals surface area contributed by atoms with Crippen molar-refractivity contribution >= 4 is 29.0 Å². The quantitative estimate of drug-likeness (QED) is 0.477. The number of hydrogen-bond donors (Lipinski definition) is 0. The number of benzene rings is 3. The molecule has 4 heteroatoms. The SMILES string of the molecule is O=C(c1ccccc1)C(Oc1ccccc1)(/C(Cl)=C\Cl)c1ccccc1. The number of Topliss-reactive ketones (excluding diaryl/α,β-unsaturated/α-hetero) is 1. The first-order chi connectivity index (χ1) is 12.7. The van der Waals surface area contributed by atoms with Gasteiger partial charge in [0, 0.05) is 16.7 Å². The Balaban J connectivity index is 2.23. The second-order valence-electron chi connectivity index (χ2n) is 5.61. The summed E-state index contributed by atoms with van der Waals surface area (Å²) < 4.78 is 6.22. The number of rotatable bonds is 6. The minimum absolute atomic E-state index is 0.0862. The minimum atomic E-state index is -1.58. The van der Waals surface area contributed by atoms with E-state index in [0.717, 1.165) is 0 Å². The molecule has 0 radical (unpaired) electrons. The van der Waals surface area contributed by atoms with Gasteiger partial charge in [-0.15, -0.1) is 0 Å². The van der Waals surface area contributed by atoms with E-state index in [9.17, 15) is 4.79 Å². The van der Waals surface area contributed by atoms with Crippen LogP contribution in [0.25, 0.3) is 0 Å². The zero-order chi connectivity index (χ0) is 18.4. The van der Waals surface area contributed by atoms with Gasteiger partial charge in [0.2, 0.25) is 11.4 Å². The summed E-state index contributed by atoms with van der Waals surface area (Å²) in [6, 6.07) is 27.1. The van der Waals surface area contributed by atoms with Gasteiger partial charge in [-0.25, -0.2) is 0 Å². The number of ether oxygens (including phenoxy) is 1.